The molecule has 0 aromatic heterocycles. The molecule has 1 fully saturated rings. The van der Waals surface area contributed by atoms with E-state index in [1.807, 2.05) is 60.7 Å². The largest absolute Gasteiger partial charge is 0.444 e. The van der Waals surface area contributed by atoms with Gasteiger partial charge in [0.1, 0.15) is 18.2 Å². The predicted molar refractivity (Wildman–Crippen MR) is 139 cm³/mol. The average molecular weight is 530 g/mol. The summed E-state index contributed by atoms with van der Waals surface area (Å²) < 4.78 is 5.54. The Balaban J connectivity index is 1.75. The molecule has 10 heteroatoms. The fourth-order valence-electron chi connectivity index (χ4n) is 3.83. The Bertz CT molecular complexity index is 1100. The van der Waals surface area contributed by atoms with Crippen molar-refractivity contribution in [3.8, 4) is 0 Å². The van der Waals surface area contributed by atoms with Gasteiger partial charge >= 0.3 is 17.4 Å². The summed E-state index contributed by atoms with van der Waals surface area (Å²) in [5.74, 6) is -0.700. The second-order valence-electron chi connectivity index (χ2n) is 9.67. The van der Waals surface area contributed by atoms with Crippen molar-refractivity contribution in [1.82, 2.24) is 9.96 Å². The maximum absolute atomic E-state index is 13.1. The fraction of sp³-hybridized carbons (Fsp3) is 0.407. The third-order valence-corrected chi connectivity index (χ3v) is 5.81. The number of piperidine rings is 1. The summed E-state index contributed by atoms with van der Waals surface area (Å²) in [5.41, 5.74) is 1.36. The molecule has 9 nitrogen and oxygen atoms in total. The highest BCUT2D eigenvalue weighted by Crippen LogP contribution is 2.26. The van der Waals surface area contributed by atoms with Gasteiger partial charge in [0, 0.05) is 6.54 Å². The normalized spacial score (nSPS) is 18.2. The van der Waals surface area contributed by atoms with E-state index in [4.69, 9.17) is 26.0 Å². The molecule has 2 aromatic rings. The van der Waals surface area contributed by atoms with Crippen LogP contribution in [0.4, 0.5) is 9.59 Å². The van der Waals surface area contributed by atoms with Crippen molar-refractivity contribution in [3.63, 3.8) is 0 Å². The molecule has 1 aliphatic rings. The van der Waals surface area contributed by atoms with E-state index in [1.54, 1.807) is 27.7 Å². The molecule has 0 bridgehead atoms. The molecule has 0 N–H and O–H groups in total. The number of rotatable bonds is 7. The SMILES string of the molecule is CC(=NOC(=O)[C@@H]1CC[C@@H](N(OCc2ccccc2)C(=O)Cl)CN1C(=O)OC(C)(C)C)c1ccccc1. The highest BCUT2D eigenvalue weighted by atomic mass is 35.5. The Labute approximate surface area is 221 Å². The summed E-state index contributed by atoms with van der Waals surface area (Å²) in [5, 5.41) is 4.18. The molecule has 2 aromatic carbocycles. The first-order chi connectivity index (χ1) is 17.5. The molecule has 0 saturated carbocycles. The van der Waals surface area contributed by atoms with Crippen molar-refractivity contribution in [2.75, 3.05) is 6.54 Å². The summed E-state index contributed by atoms with van der Waals surface area (Å²) in [6.07, 6.45) is -0.181. The third kappa shape index (κ3) is 8.30. The van der Waals surface area contributed by atoms with Crippen molar-refractivity contribution in [1.29, 1.82) is 0 Å². The van der Waals surface area contributed by atoms with E-state index in [0.29, 0.717) is 12.1 Å². The van der Waals surface area contributed by atoms with E-state index in [2.05, 4.69) is 5.16 Å². The van der Waals surface area contributed by atoms with E-state index in [9.17, 15) is 14.4 Å². The monoisotopic (exact) mass is 529 g/mol. The molecular weight excluding hydrogens is 498 g/mol. The van der Waals surface area contributed by atoms with Crippen LogP contribution in [0.2, 0.25) is 0 Å². The lowest BCUT2D eigenvalue weighted by atomic mass is 9.98. The number of benzene rings is 2. The van der Waals surface area contributed by atoms with Gasteiger partial charge in [0.15, 0.2) is 0 Å². The zero-order chi connectivity index (χ0) is 27.0. The Morgan fingerprint density at radius 1 is 1.03 bits per heavy atom. The third-order valence-electron chi connectivity index (χ3n) is 5.64. The van der Waals surface area contributed by atoms with Crippen molar-refractivity contribution in [2.45, 2.75) is 64.8 Å². The van der Waals surface area contributed by atoms with Gasteiger partial charge in [0.2, 0.25) is 0 Å². The first-order valence-corrected chi connectivity index (χ1v) is 12.4. The summed E-state index contributed by atoms with van der Waals surface area (Å²) >= 11 is 5.84. The lowest BCUT2D eigenvalue weighted by molar-refractivity contribution is -0.168. The second-order valence-corrected chi connectivity index (χ2v) is 9.99. The highest BCUT2D eigenvalue weighted by Gasteiger charge is 2.42. The minimum Gasteiger partial charge on any atom is -0.444 e. The lowest BCUT2D eigenvalue weighted by Crippen LogP contribution is -2.57. The van der Waals surface area contributed by atoms with Crippen LogP contribution >= 0.6 is 11.6 Å². The number of oxime groups is 1. The summed E-state index contributed by atoms with van der Waals surface area (Å²) in [7, 11) is 0. The van der Waals surface area contributed by atoms with Gasteiger partial charge in [-0.1, -0.05) is 65.8 Å². The van der Waals surface area contributed by atoms with E-state index >= 15 is 0 Å². The zero-order valence-electron chi connectivity index (χ0n) is 21.4. The molecule has 0 radical (unpaired) electrons. The number of ether oxygens (including phenoxy) is 1. The van der Waals surface area contributed by atoms with Crippen molar-refractivity contribution >= 4 is 34.7 Å². The van der Waals surface area contributed by atoms with Crippen LogP contribution < -0.4 is 0 Å². The van der Waals surface area contributed by atoms with Crippen LogP contribution in [-0.4, -0.2) is 57.3 Å². The van der Waals surface area contributed by atoms with Gasteiger partial charge in [-0.15, -0.1) is 0 Å². The molecule has 3 rings (SSSR count). The average Bonchev–Trinajstić information content (AvgIpc) is 2.87. The number of amides is 2. The summed E-state index contributed by atoms with van der Waals surface area (Å²) in [6.45, 7) is 6.98. The standard InChI is InChI=1S/C27H32ClN3O6/c1-19(21-13-9-6-10-14-21)29-37-24(32)23-16-15-22(17-30(23)26(34)36-27(2,3)4)31(25(28)33)35-18-20-11-7-5-8-12-20/h5-14,22-23H,15-18H2,1-4H3/t22-,23+/m1/s1. The van der Waals surface area contributed by atoms with E-state index < -0.39 is 35.1 Å². The highest BCUT2D eigenvalue weighted by molar-refractivity contribution is 6.62. The Kier molecular flexibility index (Phi) is 9.66. The number of halogens is 1. The smallest absolute Gasteiger partial charge is 0.411 e. The molecular formula is C27H32ClN3O6. The number of carbonyl (C=O) groups is 3. The number of hydrogen-bond donors (Lipinski definition) is 0. The maximum Gasteiger partial charge on any atom is 0.411 e. The molecule has 1 saturated heterocycles. The first kappa shape index (κ1) is 28.1. The molecule has 2 atom stereocenters. The van der Waals surface area contributed by atoms with Gasteiger partial charge in [-0.25, -0.2) is 14.7 Å². The molecule has 1 heterocycles. The van der Waals surface area contributed by atoms with Crippen LogP contribution in [0.25, 0.3) is 0 Å². The van der Waals surface area contributed by atoms with Gasteiger partial charge in [-0.2, -0.15) is 0 Å². The molecule has 198 valence electrons. The number of hydrogen-bond acceptors (Lipinski definition) is 7. The molecule has 2 amide bonds. The minimum atomic E-state index is -0.958. The van der Waals surface area contributed by atoms with E-state index in [0.717, 1.165) is 16.2 Å². The Morgan fingerprint density at radius 2 is 1.65 bits per heavy atom. The van der Waals surface area contributed by atoms with Gasteiger partial charge in [0.05, 0.1) is 11.8 Å². The molecule has 1 aliphatic heterocycles. The number of carbonyl (C=O) groups excluding carboxylic acids is 3. The van der Waals surface area contributed by atoms with Crippen LogP contribution in [0.3, 0.4) is 0 Å². The molecule has 0 unspecified atom stereocenters. The van der Waals surface area contributed by atoms with Crippen molar-refractivity contribution < 1.29 is 28.8 Å². The summed E-state index contributed by atoms with van der Waals surface area (Å²) in [4.78, 5) is 50.5. The molecule has 0 aliphatic carbocycles. The van der Waals surface area contributed by atoms with Crippen LogP contribution in [0, 0.1) is 0 Å². The van der Waals surface area contributed by atoms with Gasteiger partial charge in [0.25, 0.3) is 0 Å². The van der Waals surface area contributed by atoms with Crippen LogP contribution in [0.15, 0.2) is 65.8 Å². The fourth-order valence-corrected chi connectivity index (χ4v) is 4.02. The van der Waals surface area contributed by atoms with Crippen LogP contribution in [0.1, 0.15) is 51.7 Å². The maximum atomic E-state index is 13.1. The molecule has 0 spiro atoms. The van der Waals surface area contributed by atoms with Gasteiger partial charge in [-0.05, 0) is 63.3 Å². The number of hydroxylamine groups is 2. The van der Waals surface area contributed by atoms with Crippen molar-refractivity contribution in [2.24, 2.45) is 5.16 Å². The number of likely N-dealkylation sites (tertiary alicyclic amines) is 1. The van der Waals surface area contributed by atoms with Gasteiger partial charge in [-0.3, -0.25) is 14.5 Å². The van der Waals surface area contributed by atoms with Crippen LogP contribution in [-0.2, 0) is 25.8 Å². The molecule has 37 heavy (non-hydrogen) atoms. The van der Waals surface area contributed by atoms with E-state index in [-0.39, 0.29) is 19.6 Å². The van der Waals surface area contributed by atoms with Crippen LogP contribution in [0.5, 0.6) is 0 Å². The summed E-state index contributed by atoms with van der Waals surface area (Å²) in [6, 6.07) is 17.0. The Hall–Kier alpha value is -3.43. The second kappa shape index (κ2) is 12.7. The Morgan fingerprint density at radius 3 is 2.24 bits per heavy atom. The zero-order valence-corrected chi connectivity index (χ0v) is 22.2. The van der Waals surface area contributed by atoms with E-state index in [1.165, 1.54) is 4.90 Å². The first-order valence-electron chi connectivity index (χ1n) is 12.0. The quantitative estimate of drug-likeness (QED) is 0.154. The van der Waals surface area contributed by atoms with Gasteiger partial charge < -0.3 is 9.57 Å². The predicted octanol–water partition coefficient (Wildman–Crippen LogP) is 5.51. The van der Waals surface area contributed by atoms with Crippen molar-refractivity contribution in [3.05, 3.63) is 71.8 Å². The topological polar surface area (TPSA) is 97.7 Å². The minimum absolute atomic E-state index is 0.0384. The number of nitrogens with zero attached hydrogens (tertiary/aromatic N) is 3. The lowest BCUT2D eigenvalue weighted by Gasteiger charge is -2.41.